The largest absolute Gasteiger partial charge is 0.394 e. The molecule has 3 aromatic rings. The summed E-state index contributed by atoms with van der Waals surface area (Å²) in [5.74, 6) is 1.50. The molecular weight excluding hydrogens is 502 g/mol. The third kappa shape index (κ3) is 5.06. The number of fused-ring (bicyclic) bond motifs is 1. The quantitative estimate of drug-likeness (QED) is 0.246. The Kier molecular flexibility index (Phi) is 7.21. The minimum Gasteiger partial charge on any atom is -0.394 e. The first kappa shape index (κ1) is 27.0. The zero-order chi connectivity index (χ0) is 27.9. The molecule has 0 spiro atoms. The molecule has 4 bridgehead atoms. The monoisotopic (exact) mass is 543 g/mol. The number of para-hydroxylation sites is 1. The lowest BCUT2D eigenvalue weighted by Crippen LogP contribution is -2.57. The van der Waals surface area contributed by atoms with Crippen molar-refractivity contribution in [3.8, 4) is 0 Å². The smallest absolute Gasteiger partial charge is 0.236 e. The van der Waals surface area contributed by atoms with Crippen LogP contribution < -0.4 is 10.6 Å². The zero-order valence-corrected chi connectivity index (χ0v) is 23.2. The van der Waals surface area contributed by atoms with Crippen molar-refractivity contribution >= 4 is 22.7 Å². The van der Waals surface area contributed by atoms with Gasteiger partial charge in [0, 0.05) is 23.6 Å². The number of H-pyrrole nitrogens is 1. The van der Waals surface area contributed by atoms with E-state index in [0.717, 1.165) is 34.2 Å². The topological polar surface area (TPSA) is 114 Å². The average Bonchev–Trinajstić information content (AvgIpc) is 3.36. The first-order chi connectivity index (χ1) is 19.3. The Balaban J connectivity index is 1.24. The minimum atomic E-state index is -1.45. The molecule has 2 amide bonds. The minimum absolute atomic E-state index is 0.139. The molecule has 5 N–H and O–H groups in total. The maximum Gasteiger partial charge on any atom is 0.236 e. The van der Waals surface area contributed by atoms with E-state index in [-0.39, 0.29) is 17.7 Å². The van der Waals surface area contributed by atoms with E-state index in [4.69, 9.17) is 0 Å². The number of benzene rings is 2. The summed E-state index contributed by atoms with van der Waals surface area (Å²) in [5.41, 5.74) is 1.10. The lowest BCUT2D eigenvalue weighted by Gasteiger charge is -2.57. The molecule has 3 atom stereocenters. The summed E-state index contributed by atoms with van der Waals surface area (Å²) in [6, 6.07) is 15.9. The molecule has 0 aliphatic heterocycles. The third-order valence-corrected chi connectivity index (χ3v) is 10.0. The first-order valence-corrected chi connectivity index (χ1v) is 14.8. The van der Waals surface area contributed by atoms with E-state index >= 15 is 0 Å². The van der Waals surface area contributed by atoms with Crippen LogP contribution in [0.4, 0.5) is 0 Å². The van der Waals surface area contributed by atoms with Crippen molar-refractivity contribution in [2.45, 2.75) is 64.0 Å². The van der Waals surface area contributed by atoms with Crippen molar-refractivity contribution in [1.29, 1.82) is 0 Å². The van der Waals surface area contributed by atoms with Crippen molar-refractivity contribution < 1.29 is 19.8 Å². The Morgan fingerprint density at radius 3 is 2.25 bits per heavy atom. The molecule has 1 heterocycles. The van der Waals surface area contributed by atoms with Gasteiger partial charge in [-0.25, -0.2) is 0 Å². The van der Waals surface area contributed by atoms with E-state index in [1.54, 1.807) is 31.2 Å². The summed E-state index contributed by atoms with van der Waals surface area (Å²) in [6.07, 6.45) is 8.45. The van der Waals surface area contributed by atoms with Crippen LogP contribution in [0.1, 0.15) is 62.7 Å². The van der Waals surface area contributed by atoms with Crippen molar-refractivity contribution in [2.75, 3.05) is 13.2 Å². The normalized spacial score (nSPS) is 28.1. The molecule has 0 saturated heterocycles. The maximum atomic E-state index is 14.1. The van der Waals surface area contributed by atoms with E-state index in [1.165, 1.54) is 38.5 Å². The van der Waals surface area contributed by atoms with E-state index in [9.17, 15) is 19.8 Å². The highest BCUT2D eigenvalue weighted by atomic mass is 16.3. The van der Waals surface area contributed by atoms with Crippen molar-refractivity contribution in [3.05, 3.63) is 71.9 Å². The van der Waals surface area contributed by atoms with Crippen LogP contribution in [0.15, 0.2) is 60.8 Å². The summed E-state index contributed by atoms with van der Waals surface area (Å²) >= 11 is 0. The molecule has 2 unspecified atom stereocenters. The predicted octanol–water partition coefficient (Wildman–Crippen LogP) is 4.26. The molecule has 4 fully saturated rings. The number of amides is 2. The van der Waals surface area contributed by atoms with E-state index in [1.807, 2.05) is 36.5 Å². The zero-order valence-electron chi connectivity index (χ0n) is 23.2. The molecule has 4 aliphatic carbocycles. The number of carbonyl (C=O) groups is 2. The van der Waals surface area contributed by atoms with Gasteiger partial charge in [0.15, 0.2) is 0 Å². The summed E-state index contributed by atoms with van der Waals surface area (Å²) in [4.78, 5) is 31.3. The standard InChI is InChI=1S/C33H41N3O4/c1-32(17-25-18-34-27-10-6-5-9-26(25)27,31(40)36-28(19-37)29(38)24-7-3-2-4-8-24)30(39)35-20-33-14-21-11-22(15-33)13-23(12-21)16-33/h2-10,18,21-23,28-29,34,37-38H,11-17,19-20H2,1H3,(H,35,39)(H,36,40)/t21?,22?,23?,28-,29?,32?,33?/m0/s1. The van der Waals surface area contributed by atoms with Crippen LogP contribution in [-0.2, 0) is 16.0 Å². The van der Waals surface area contributed by atoms with Gasteiger partial charge in [-0.3, -0.25) is 9.59 Å². The number of aliphatic hydroxyl groups is 2. The second kappa shape index (κ2) is 10.7. The van der Waals surface area contributed by atoms with E-state index in [0.29, 0.717) is 12.1 Å². The van der Waals surface area contributed by atoms with E-state index < -0.39 is 30.1 Å². The van der Waals surface area contributed by atoms with Gasteiger partial charge in [0.25, 0.3) is 0 Å². The van der Waals surface area contributed by atoms with Gasteiger partial charge in [-0.2, -0.15) is 0 Å². The Labute approximate surface area is 235 Å². The molecule has 1 aromatic heterocycles. The van der Waals surface area contributed by atoms with Gasteiger partial charge in [-0.05, 0) is 92.2 Å². The molecule has 7 nitrogen and oxygen atoms in total. The van der Waals surface area contributed by atoms with Crippen LogP contribution in [0.2, 0.25) is 0 Å². The maximum absolute atomic E-state index is 14.1. The molecule has 40 heavy (non-hydrogen) atoms. The fourth-order valence-electron chi connectivity index (χ4n) is 8.33. The second-order valence-electron chi connectivity index (χ2n) is 13.1. The number of aromatic nitrogens is 1. The van der Waals surface area contributed by atoms with Crippen molar-refractivity contribution in [1.82, 2.24) is 15.6 Å². The lowest BCUT2D eigenvalue weighted by atomic mass is 9.49. The van der Waals surface area contributed by atoms with Crippen LogP contribution in [0.5, 0.6) is 0 Å². The fraction of sp³-hybridized carbons (Fsp3) is 0.515. The van der Waals surface area contributed by atoms with Crippen LogP contribution in [0, 0.1) is 28.6 Å². The SMILES string of the molecule is CC(Cc1c[nH]c2ccccc12)(C(=O)NCC12CC3CC(CC(C3)C1)C2)C(=O)N[C@@H](CO)C(O)c1ccccc1. The summed E-state index contributed by atoms with van der Waals surface area (Å²) in [5, 5.41) is 28.1. The van der Waals surface area contributed by atoms with E-state index in [2.05, 4.69) is 15.6 Å². The number of aromatic amines is 1. The Bertz CT molecular complexity index is 1330. The Morgan fingerprint density at radius 1 is 0.975 bits per heavy atom. The van der Waals surface area contributed by atoms with Gasteiger partial charge in [0.1, 0.15) is 11.5 Å². The number of nitrogens with one attached hydrogen (secondary N) is 3. The van der Waals surface area contributed by atoms with Gasteiger partial charge < -0.3 is 25.8 Å². The molecule has 0 radical (unpaired) electrons. The molecule has 4 aliphatic rings. The highest BCUT2D eigenvalue weighted by Crippen LogP contribution is 2.59. The first-order valence-electron chi connectivity index (χ1n) is 14.8. The predicted molar refractivity (Wildman–Crippen MR) is 154 cm³/mol. The lowest BCUT2D eigenvalue weighted by molar-refractivity contribution is -0.144. The average molecular weight is 544 g/mol. The Morgan fingerprint density at radius 2 is 1.60 bits per heavy atom. The molecule has 2 aromatic carbocycles. The molecule has 212 valence electrons. The van der Waals surface area contributed by atoms with Gasteiger partial charge >= 0.3 is 0 Å². The van der Waals surface area contributed by atoms with Crippen LogP contribution >= 0.6 is 0 Å². The molecular formula is C33H41N3O4. The summed E-state index contributed by atoms with van der Waals surface area (Å²) in [7, 11) is 0. The van der Waals surface area contributed by atoms with Crippen molar-refractivity contribution in [3.63, 3.8) is 0 Å². The number of hydrogen-bond donors (Lipinski definition) is 5. The highest BCUT2D eigenvalue weighted by Gasteiger charge is 2.51. The Hall–Kier alpha value is -3.16. The van der Waals surface area contributed by atoms with Crippen LogP contribution in [0.3, 0.4) is 0 Å². The van der Waals surface area contributed by atoms with Crippen LogP contribution in [-0.4, -0.2) is 46.2 Å². The van der Waals surface area contributed by atoms with Gasteiger partial charge in [0.05, 0.1) is 12.6 Å². The number of hydrogen-bond acceptors (Lipinski definition) is 4. The van der Waals surface area contributed by atoms with Gasteiger partial charge in [-0.15, -0.1) is 0 Å². The molecule has 7 heteroatoms. The van der Waals surface area contributed by atoms with Gasteiger partial charge in [-0.1, -0.05) is 48.5 Å². The van der Waals surface area contributed by atoms with Crippen LogP contribution in [0.25, 0.3) is 10.9 Å². The fourth-order valence-corrected chi connectivity index (χ4v) is 8.33. The van der Waals surface area contributed by atoms with Crippen molar-refractivity contribution in [2.24, 2.45) is 28.6 Å². The van der Waals surface area contributed by atoms with Gasteiger partial charge in [0.2, 0.25) is 11.8 Å². The summed E-state index contributed by atoms with van der Waals surface area (Å²) in [6.45, 7) is 1.82. The summed E-state index contributed by atoms with van der Waals surface area (Å²) < 4.78 is 0. The third-order valence-electron chi connectivity index (χ3n) is 10.0. The number of carbonyl (C=O) groups excluding carboxylic acids is 2. The molecule has 7 rings (SSSR count). The highest BCUT2D eigenvalue weighted by molar-refractivity contribution is 6.05. The number of aliphatic hydroxyl groups excluding tert-OH is 2. The molecule has 4 saturated carbocycles. The number of rotatable bonds is 10. The second-order valence-corrected chi connectivity index (χ2v) is 13.1.